The lowest BCUT2D eigenvalue weighted by molar-refractivity contribution is 0.0974. The van der Waals surface area contributed by atoms with Gasteiger partial charge in [-0.15, -0.1) is 0 Å². The molecule has 0 unspecified atom stereocenters. The molecule has 8 nitrogen and oxygen atoms in total. The maximum Gasteiger partial charge on any atom is 0.278 e. The van der Waals surface area contributed by atoms with Crippen molar-refractivity contribution in [2.75, 3.05) is 0 Å². The van der Waals surface area contributed by atoms with Crippen molar-refractivity contribution in [3.8, 4) is 28.5 Å². The fourth-order valence-corrected chi connectivity index (χ4v) is 5.03. The van der Waals surface area contributed by atoms with Crippen molar-refractivity contribution >= 4 is 38.9 Å². The molecule has 0 radical (unpaired) electrons. The number of hydrogen-bond donors (Lipinski definition) is 4. The normalized spacial score (nSPS) is 13.2. The highest BCUT2D eigenvalue weighted by Gasteiger charge is 2.35. The van der Waals surface area contributed by atoms with Crippen LogP contribution in [0, 0.1) is 13.8 Å². The molecule has 0 spiro atoms. The van der Waals surface area contributed by atoms with Crippen molar-refractivity contribution in [1.82, 2.24) is 4.98 Å². The van der Waals surface area contributed by atoms with Crippen molar-refractivity contribution in [3.63, 3.8) is 0 Å². The molecule has 0 bridgehead atoms. The Morgan fingerprint density at radius 2 is 1.29 bits per heavy atom. The van der Waals surface area contributed by atoms with E-state index in [-0.39, 0.29) is 55.2 Å². The Labute approximate surface area is 215 Å². The van der Waals surface area contributed by atoms with E-state index in [4.69, 9.17) is 0 Å². The summed E-state index contributed by atoms with van der Waals surface area (Å²) in [5.41, 5.74) is 0.0478. The minimum atomic E-state index is -0.695. The number of carbonyl (C=O) groups excluding carboxylic acids is 2. The van der Waals surface area contributed by atoms with E-state index in [1.54, 1.807) is 62.4 Å². The topological polar surface area (TPSA) is 140 Å². The number of rotatable bonds is 2. The molecule has 0 atom stereocenters. The summed E-state index contributed by atoms with van der Waals surface area (Å²) in [6, 6.07) is 16.0. The van der Waals surface area contributed by atoms with Crippen molar-refractivity contribution in [1.29, 1.82) is 0 Å². The summed E-state index contributed by atoms with van der Waals surface area (Å²) >= 11 is 0. The molecule has 8 heteroatoms. The summed E-state index contributed by atoms with van der Waals surface area (Å²) in [5.74, 6) is -2.56. The smallest absolute Gasteiger partial charge is 0.278 e. The Bertz CT molecular complexity index is 1980. The summed E-state index contributed by atoms with van der Waals surface area (Å²) in [7, 11) is 0. The van der Waals surface area contributed by atoms with Crippen molar-refractivity contribution in [3.05, 3.63) is 98.8 Å². The standard InChI is InChI=1S/C30H20N2O6/c1-13-7-9-17-19(11-13)27(35)23(31-29(17)37)21-22(26(34)16-6-4-3-5-15(16)25(21)33)24-28(36)20-12-14(2)8-10-18(20)30(38)32-24/h3-12,33-35H,1-2H3,(H,31,37). The number of phenols is 2. The Morgan fingerprint density at radius 3 is 2.00 bits per heavy atom. The minimum absolute atomic E-state index is 0.102. The van der Waals surface area contributed by atoms with Gasteiger partial charge in [-0.25, -0.2) is 4.99 Å². The van der Waals surface area contributed by atoms with Gasteiger partial charge in [-0.3, -0.25) is 14.4 Å². The van der Waals surface area contributed by atoms with Crippen LogP contribution in [0.15, 0.2) is 70.5 Å². The van der Waals surface area contributed by atoms with Crippen LogP contribution in [0.1, 0.15) is 37.4 Å². The molecule has 4 N–H and O–H groups in total. The van der Waals surface area contributed by atoms with Gasteiger partial charge in [0.05, 0.1) is 27.8 Å². The highest BCUT2D eigenvalue weighted by Crippen LogP contribution is 2.48. The number of nitrogens with one attached hydrogen (secondary N) is 1. The molecule has 1 amide bonds. The Balaban J connectivity index is 1.76. The largest absolute Gasteiger partial charge is 0.507 e. The van der Waals surface area contributed by atoms with Crippen LogP contribution in [-0.2, 0) is 0 Å². The summed E-state index contributed by atoms with van der Waals surface area (Å²) in [6.45, 7) is 3.57. The number of aliphatic imine (C=N–C) groups is 1. The molecule has 1 aromatic heterocycles. The molecule has 1 aliphatic rings. The van der Waals surface area contributed by atoms with E-state index < -0.39 is 34.5 Å². The van der Waals surface area contributed by atoms with Crippen LogP contribution in [0.4, 0.5) is 0 Å². The average molecular weight is 504 g/mol. The number of H-pyrrole nitrogens is 1. The molecule has 38 heavy (non-hydrogen) atoms. The second-order valence-corrected chi connectivity index (χ2v) is 9.36. The molecular weight excluding hydrogens is 484 g/mol. The Kier molecular flexibility index (Phi) is 4.96. The van der Waals surface area contributed by atoms with Gasteiger partial charge in [0.1, 0.15) is 23.0 Å². The van der Waals surface area contributed by atoms with E-state index in [0.717, 1.165) is 11.1 Å². The Morgan fingerprint density at radius 1 is 0.658 bits per heavy atom. The summed E-state index contributed by atoms with van der Waals surface area (Å²) in [4.78, 5) is 46.3. The van der Waals surface area contributed by atoms with Gasteiger partial charge in [0.25, 0.3) is 11.5 Å². The van der Waals surface area contributed by atoms with E-state index in [9.17, 15) is 29.7 Å². The number of aryl methyl sites for hydroxylation is 2. The van der Waals surface area contributed by atoms with E-state index in [1.807, 2.05) is 0 Å². The molecule has 1 aliphatic heterocycles. The third-order valence-corrected chi connectivity index (χ3v) is 6.88. The Hall–Kier alpha value is -5.24. The maximum absolute atomic E-state index is 13.7. The number of Topliss-reactive ketones (excluding diaryl/α,β-unsaturated/α-hetero) is 1. The zero-order valence-corrected chi connectivity index (χ0v) is 20.3. The van der Waals surface area contributed by atoms with Crippen LogP contribution < -0.4 is 5.56 Å². The fraction of sp³-hybridized carbons (Fsp3) is 0.0667. The molecule has 6 rings (SSSR count). The number of fused-ring (bicyclic) bond motifs is 3. The third kappa shape index (κ3) is 3.24. The van der Waals surface area contributed by atoms with Gasteiger partial charge >= 0.3 is 0 Å². The molecule has 4 aromatic carbocycles. The third-order valence-electron chi connectivity index (χ3n) is 6.88. The monoisotopic (exact) mass is 504 g/mol. The molecular formula is C30H20N2O6. The zero-order chi connectivity index (χ0) is 26.9. The van der Waals surface area contributed by atoms with Crippen molar-refractivity contribution < 1.29 is 24.9 Å². The summed E-state index contributed by atoms with van der Waals surface area (Å²) in [5, 5.41) is 35.1. The van der Waals surface area contributed by atoms with Crippen molar-refractivity contribution in [2.45, 2.75) is 13.8 Å². The highest BCUT2D eigenvalue weighted by atomic mass is 16.3. The minimum Gasteiger partial charge on any atom is -0.507 e. The molecule has 0 saturated heterocycles. The van der Waals surface area contributed by atoms with Crippen LogP contribution in [0.25, 0.3) is 32.8 Å². The second kappa shape index (κ2) is 8.14. The predicted molar refractivity (Wildman–Crippen MR) is 144 cm³/mol. The molecule has 0 saturated carbocycles. The maximum atomic E-state index is 13.7. The van der Waals surface area contributed by atoms with Crippen LogP contribution >= 0.6 is 0 Å². The van der Waals surface area contributed by atoms with Crippen LogP contribution in [0.5, 0.6) is 17.2 Å². The fourth-order valence-electron chi connectivity index (χ4n) is 5.03. The quantitative estimate of drug-likeness (QED) is 0.252. The predicted octanol–water partition coefficient (Wildman–Crippen LogP) is 4.91. The number of benzene rings is 4. The first-order chi connectivity index (χ1) is 18.2. The van der Waals surface area contributed by atoms with E-state index in [0.29, 0.717) is 0 Å². The van der Waals surface area contributed by atoms with Crippen LogP contribution in [-0.4, -0.2) is 37.7 Å². The molecule has 0 fully saturated rings. The number of ketones is 1. The van der Waals surface area contributed by atoms with Gasteiger partial charge in [0.15, 0.2) is 0 Å². The number of aromatic hydroxyl groups is 3. The number of aromatic amines is 1. The number of phenolic OH excluding ortho intramolecular Hbond substituents is 2. The first-order valence-corrected chi connectivity index (χ1v) is 11.8. The second-order valence-electron chi connectivity index (χ2n) is 9.36. The van der Waals surface area contributed by atoms with Gasteiger partial charge < -0.3 is 20.3 Å². The van der Waals surface area contributed by atoms with Gasteiger partial charge in [0, 0.05) is 21.7 Å². The molecule has 5 aromatic rings. The lowest BCUT2D eigenvalue weighted by Crippen LogP contribution is -2.26. The zero-order valence-electron chi connectivity index (χ0n) is 20.3. The van der Waals surface area contributed by atoms with Gasteiger partial charge in [0.2, 0.25) is 5.78 Å². The van der Waals surface area contributed by atoms with E-state index >= 15 is 0 Å². The first kappa shape index (κ1) is 23.2. The number of amides is 1. The lowest BCUT2D eigenvalue weighted by Gasteiger charge is -2.21. The highest BCUT2D eigenvalue weighted by molar-refractivity contribution is 6.57. The summed E-state index contributed by atoms with van der Waals surface area (Å²) < 4.78 is 0. The SMILES string of the molecule is Cc1ccc2c(c1)C(=O)C(c1c(-c3[nH]c(=O)c4ccc(C)cc4c3O)c(O)c3ccccc3c1O)=NC2=O. The first-order valence-electron chi connectivity index (χ1n) is 11.8. The number of nitrogens with zero attached hydrogens (tertiary/aromatic N) is 1. The van der Waals surface area contributed by atoms with E-state index in [1.165, 1.54) is 12.1 Å². The molecule has 186 valence electrons. The lowest BCUT2D eigenvalue weighted by atomic mass is 9.86. The average Bonchev–Trinajstić information content (AvgIpc) is 2.90. The van der Waals surface area contributed by atoms with E-state index in [2.05, 4.69) is 9.98 Å². The molecule has 0 aliphatic carbocycles. The number of hydrogen-bond acceptors (Lipinski definition) is 6. The molecule has 2 heterocycles. The number of pyridine rings is 1. The van der Waals surface area contributed by atoms with Crippen molar-refractivity contribution in [2.24, 2.45) is 4.99 Å². The number of carbonyl (C=O) groups is 2. The van der Waals surface area contributed by atoms with Gasteiger partial charge in [-0.2, -0.15) is 0 Å². The number of aromatic nitrogens is 1. The van der Waals surface area contributed by atoms with Crippen LogP contribution in [0.3, 0.4) is 0 Å². The van der Waals surface area contributed by atoms with Crippen LogP contribution in [0.2, 0.25) is 0 Å². The summed E-state index contributed by atoms with van der Waals surface area (Å²) in [6.07, 6.45) is 0. The van der Waals surface area contributed by atoms with Gasteiger partial charge in [-0.1, -0.05) is 47.5 Å². The van der Waals surface area contributed by atoms with Gasteiger partial charge in [-0.05, 0) is 38.1 Å².